The summed E-state index contributed by atoms with van der Waals surface area (Å²) in [7, 11) is 0. The third kappa shape index (κ3) is 3.06. The van der Waals surface area contributed by atoms with Gasteiger partial charge in [0.15, 0.2) is 0 Å². The molecular weight excluding hydrogens is 262 g/mol. The highest BCUT2D eigenvalue weighted by Gasteiger charge is 2.49. The summed E-state index contributed by atoms with van der Waals surface area (Å²) in [5.74, 6) is -5.43. The van der Waals surface area contributed by atoms with Crippen molar-refractivity contribution in [3.05, 3.63) is 35.4 Å². The molecule has 1 N–H and O–H groups in total. The van der Waals surface area contributed by atoms with Crippen LogP contribution < -0.4 is 0 Å². The van der Waals surface area contributed by atoms with Crippen LogP contribution >= 0.6 is 0 Å². The average molecular weight is 282 g/mol. The Morgan fingerprint density at radius 3 is 2.30 bits per heavy atom. The Kier molecular flexibility index (Phi) is 4.53. The summed E-state index contributed by atoms with van der Waals surface area (Å²) in [5.41, 5.74) is 1.01. The summed E-state index contributed by atoms with van der Waals surface area (Å²) < 4.78 is 28.4. The molecule has 2 nitrogen and oxygen atoms in total. The molecule has 1 aliphatic rings. The van der Waals surface area contributed by atoms with Gasteiger partial charge in [-0.3, -0.25) is 4.79 Å². The molecule has 4 heteroatoms. The molecule has 0 heterocycles. The highest BCUT2D eigenvalue weighted by Crippen LogP contribution is 2.38. The first-order valence-electron chi connectivity index (χ1n) is 7.09. The monoisotopic (exact) mass is 282 g/mol. The van der Waals surface area contributed by atoms with Crippen molar-refractivity contribution in [2.24, 2.45) is 5.92 Å². The molecule has 0 amide bonds. The number of carbonyl (C=O) groups is 1. The van der Waals surface area contributed by atoms with Crippen molar-refractivity contribution in [3.63, 3.8) is 0 Å². The number of halogens is 2. The number of hydrogen-bond donors (Lipinski definition) is 1. The quantitative estimate of drug-likeness (QED) is 0.911. The normalized spacial score (nSPS) is 18.8. The van der Waals surface area contributed by atoms with Gasteiger partial charge in [-0.2, -0.15) is 8.78 Å². The molecule has 1 atom stereocenters. The highest BCUT2D eigenvalue weighted by molar-refractivity contribution is 5.88. The summed E-state index contributed by atoms with van der Waals surface area (Å²) in [6.07, 6.45) is 1.58. The predicted molar refractivity (Wildman–Crippen MR) is 72.7 cm³/mol. The van der Waals surface area contributed by atoms with Gasteiger partial charge in [-0.05, 0) is 25.3 Å². The minimum absolute atomic E-state index is 0.0877. The second kappa shape index (κ2) is 6.00. The van der Waals surface area contributed by atoms with Gasteiger partial charge in [0.1, 0.15) is 6.10 Å². The van der Waals surface area contributed by atoms with E-state index in [2.05, 4.69) is 0 Å². The van der Waals surface area contributed by atoms with Gasteiger partial charge in [-0.25, -0.2) is 0 Å². The molecular formula is C16H20F2O2. The van der Waals surface area contributed by atoms with Crippen LogP contribution in [0.25, 0.3) is 0 Å². The van der Waals surface area contributed by atoms with E-state index >= 15 is 0 Å². The maximum atomic E-state index is 14.2. The van der Waals surface area contributed by atoms with Gasteiger partial charge in [0.25, 0.3) is 0 Å². The summed E-state index contributed by atoms with van der Waals surface area (Å²) in [5, 5.41) is 9.87. The minimum atomic E-state index is -3.71. The molecule has 0 aliphatic heterocycles. The number of alkyl halides is 2. The van der Waals surface area contributed by atoms with Gasteiger partial charge in [0.2, 0.25) is 5.78 Å². The first-order chi connectivity index (χ1) is 9.43. The smallest absolute Gasteiger partial charge is 0.334 e. The fourth-order valence-electron chi connectivity index (χ4n) is 2.73. The van der Waals surface area contributed by atoms with E-state index in [0.717, 1.165) is 24.8 Å². The fourth-order valence-corrected chi connectivity index (χ4v) is 2.73. The van der Waals surface area contributed by atoms with E-state index in [0.29, 0.717) is 12.8 Å². The fraction of sp³-hybridized carbons (Fsp3) is 0.562. The van der Waals surface area contributed by atoms with Gasteiger partial charge in [0.05, 0.1) is 0 Å². The number of rotatable bonds is 4. The van der Waals surface area contributed by atoms with Crippen molar-refractivity contribution in [3.8, 4) is 0 Å². The second-order valence-electron chi connectivity index (χ2n) is 5.64. The van der Waals surface area contributed by atoms with Crippen molar-refractivity contribution in [1.82, 2.24) is 0 Å². The molecule has 1 aromatic rings. The van der Waals surface area contributed by atoms with Crippen LogP contribution in [0.2, 0.25) is 0 Å². The van der Waals surface area contributed by atoms with E-state index in [1.807, 2.05) is 6.92 Å². The summed E-state index contributed by atoms with van der Waals surface area (Å²) in [4.78, 5) is 12.0. The average Bonchev–Trinajstić information content (AvgIpc) is 2.47. The van der Waals surface area contributed by atoms with Crippen molar-refractivity contribution < 1.29 is 18.7 Å². The molecule has 1 aromatic carbocycles. The Labute approximate surface area is 117 Å². The number of aryl methyl sites for hydroxylation is 1. The molecule has 1 saturated carbocycles. The molecule has 0 saturated heterocycles. The number of Topliss-reactive ketones (excluding diaryl/α,β-unsaturated/α-hetero) is 1. The van der Waals surface area contributed by atoms with Crippen molar-refractivity contribution in [1.29, 1.82) is 0 Å². The third-order valence-corrected chi connectivity index (χ3v) is 4.04. The van der Waals surface area contributed by atoms with Crippen LogP contribution in [0.1, 0.15) is 49.3 Å². The number of hydrogen-bond acceptors (Lipinski definition) is 2. The Morgan fingerprint density at radius 2 is 1.75 bits per heavy atom. The topological polar surface area (TPSA) is 37.3 Å². The number of benzene rings is 1. The van der Waals surface area contributed by atoms with Crippen molar-refractivity contribution in [2.75, 3.05) is 0 Å². The molecule has 1 fully saturated rings. The number of ketones is 1. The Balaban J connectivity index is 2.15. The summed E-state index contributed by atoms with van der Waals surface area (Å²) >= 11 is 0. The minimum Gasteiger partial charge on any atom is -0.382 e. The molecule has 20 heavy (non-hydrogen) atoms. The zero-order chi connectivity index (χ0) is 14.8. The second-order valence-corrected chi connectivity index (χ2v) is 5.64. The zero-order valence-electron chi connectivity index (χ0n) is 11.6. The van der Waals surface area contributed by atoms with E-state index in [-0.39, 0.29) is 5.56 Å². The van der Waals surface area contributed by atoms with Crippen LogP contribution in [0.5, 0.6) is 0 Å². The summed E-state index contributed by atoms with van der Waals surface area (Å²) in [6, 6.07) is 6.20. The van der Waals surface area contributed by atoms with Gasteiger partial charge < -0.3 is 5.11 Å². The Bertz CT molecular complexity index is 462. The van der Waals surface area contributed by atoms with Gasteiger partial charge in [-0.15, -0.1) is 0 Å². The first-order valence-corrected chi connectivity index (χ1v) is 7.09. The molecule has 1 aliphatic carbocycles. The lowest BCUT2D eigenvalue weighted by atomic mass is 9.82. The lowest BCUT2D eigenvalue weighted by molar-refractivity contribution is -0.167. The molecule has 0 radical (unpaired) electrons. The van der Waals surface area contributed by atoms with Crippen LogP contribution in [-0.2, 0) is 4.79 Å². The zero-order valence-corrected chi connectivity index (χ0v) is 11.6. The molecule has 110 valence electrons. The maximum Gasteiger partial charge on any atom is 0.334 e. The predicted octanol–water partition coefficient (Wildman–Crippen LogP) is 3.81. The van der Waals surface area contributed by atoms with E-state index < -0.39 is 23.7 Å². The molecule has 0 spiro atoms. The summed E-state index contributed by atoms with van der Waals surface area (Å²) in [6.45, 7) is 1.83. The standard InChI is InChI=1S/C16H20F2O2/c1-11-7-9-13(10-8-11)15(20)16(17,18)14(19)12-5-3-2-4-6-12/h7-10,12,15,20H,2-6H2,1H3/t15-/m0/s1. The van der Waals surface area contributed by atoms with E-state index in [1.54, 1.807) is 12.1 Å². The SMILES string of the molecule is Cc1ccc([C@H](O)C(F)(F)C(=O)C2CCCCC2)cc1. The highest BCUT2D eigenvalue weighted by atomic mass is 19.3. The number of aliphatic hydroxyl groups is 1. The largest absolute Gasteiger partial charge is 0.382 e. The number of aliphatic hydroxyl groups excluding tert-OH is 1. The first kappa shape index (κ1) is 15.1. The van der Waals surface area contributed by atoms with Gasteiger partial charge >= 0.3 is 5.92 Å². The molecule has 0 bridgehead atoms. The van der Waals surface area contributed by atoms with E-state index in [9.17, 15) is 18.7 Å². The van der Waals surface area contributed by atoms with Crippen LogP contribution in [0.4, 0.5) is 8.78 Å². The van der Waals surface area contributed by atoms with Crippen molar-refractivity contribution >= 4 is 5.78 Å². The van der Waals surface area contributed by atoms with E-state index in [1.165, 1.54) is 12.1 Å². The Morgan fingerprint density at radius 1 is 1.20 bits per heavy atom. The van der Waals surface area contributed by atoms with Crippen LogP contribution in [-0.4, -0.2) is 16.8 Å². The van der Waals surface area contributed by atoms with E-state index in [4.69, 9.17) is 0 Å². The lowest BCUT2D eigenvalue weighted by Crippen LogP contribution is -2.40. The van der Waals surface area contributed by atoms with Gasteiger partial charge in [0, 0.05) is 5.92 Å². The van der Waals surface area contributed by atoms with Crippen molar-refractivity contribution in [2.45, 2.75) is 51.1 Å². The Hall–Kier alpha value is -1.29. The van der Waals surface area contributed by atoms with Crippen LogP contribution in [0.3, 0.4) is 0 Å². The molecule has 2 rings (SSSR count). The van der Waals surface area contributed by atoms with Gasteiger partial charge in [-0.1, -0.05) is 49.1 Å². The molecule has 0 unspecified atom stereocenters. The maximum absolute atomic E-state index is 14.2. The number of carbonyl (C=O) groups excluding carboxylic acids is 1. The van der Waals surface area contributed by atoms with Crippen LogP contribution in [0.15, 0.2) is 24.3 Å². The molecule has 0 aromatic heterocycles. The lowest BCUT2D eigenvalue weighted by Gasteiger charge is -2.28. The third-order valence-electron chi connectivity index (χ3n) is 4.04. The van der Waals surface area contributed by atoms with Crippen LogP contribution in [0, 0.1) is 12.8 Å².